The summed E-state index contributed by atoms with van der Waals surface area (Å²) >= 11 is 0. The first-order valence-corrected chi connectivity index (χ1v) is 10.1. The third-order valence-electron chi connectivity index (χ3n) is 5.90. The lowest BCUT2D eigenvalue weighted by Gasteiger charge is -2.36. The second kappa shape index (κ2) is 6.25. The van der Waals surface area contributed by atoms with E-state index in [-0.39, 0.29) is 30.1 Å². The van der Waals surface area contributed by atoms with Crippen LogP contribution >= 0.6 is 0 Å². The third kappa shape index (κ3) is 3.04. The van der Waals surface area contributed by atoms with Crippen molar-refractivity contribution < 1.29 is 9.32 Å². The lowest BCUT2D eigenvalue weighted by atomic mass is 9.93. The number of amides is 2. The Morgan fingerprint density at radius 3 is 2.82 bits per heavy atom. The molecule has 2 aromatic heterocycles. The predicted molar refractivity (Wildman–Crippen MR) is 101 cm³/mol. The molecular formula is C20H26N6O2. The standard InChI is InChI=1S/C20H26N6O2/c1-20(2,3)18-21-9-13-14(23-18)8-12-6-7-15(13)26(12)19(27)22-10-16-24-17(28-25-16)11-4-5-11/h9,11-12,15H,4-8,10H2,1-3H3,(H,22,27). The summed E-state index contributed by atoms with van der Waals surface area (Å²) < 4.78 is 5.26. The summed E-state index contributed by atoms with van der Waals surface area (Å²) in [5.74, 6) is 2.53. The normalized spacial score (nSPS) is 23.6. The molecule has 4 heterocycles. The maximum absolute atomic E-state index is 12.9. The zero-order chi connectivity index (χ0) is 19.5. The molecule has 8 nitrogen and oxygen atoms in total. The van der Waals surface area contributed by atoms with E-state index in [1.165, 1.54) is 0 Å². The Morgan fingerprint density at radius 1 is 1.25 bits per heavy atom. The van der Waals surface area contributed by atoms with Crippen LogP contribution in [0.2, 0.25) is 0 Å². The molecule has 5 rings (SSSR count). The topological polar surface area (TPSA) is 97.0 Å². The van der Waals surface area contributed by atoms with Gasteiger partial charge < -0.3 is 14.7 Å². The molecule has 3 aliphatic rings. The molecular weight excluding hydrogens is 356 g/mol. The van der Waals surface area contributed by atoms with E-state index in [4.69, 9.17) is 9.51 Å². The van der Waals surface area contributed by atoms with Gasteiger partial charge in [-0.25, -0.2) is 14.8 Å². The molecule has 2 amide bonds. The molecule has 1 N–H and O–H groups in total. The Bertz CT molecular complexity index is 914. The summed E-state index contributed by atoms with van der Waals surface area (Å²) in [6.45, 7) is 6.66. The predicted octanol–water partition coefficient (Wildman–Crippen LogP) is 3.01. The maximum Gasteiger partial charge on any atom is 0.318 e. The van der Waals surface area contributed by atoms with Gasteiger partial charge in [-0.3, -0.25) is 0 Å². The van der Waals surface area contributed by atoms with Crippen LogP contribution in [-0.2, 0) is 18.4 Å². The molecule has 1 aliphatic carbocycles. The largest absolute Gasteiger partial charge is 0.339 e. The van der Waals surface area contributed by atoms with Crippen LogP contribution in [0.1, 0.15) is 87.2 Å². The van der Waals surface area contributed by atoms with Gasteiger partial charge in [0.15, 0.2) is 5.82 Å². The summed E-state index contributed by atoms with van der Waals surface area (Å²) in [6.07, 6.45) is 6.90. The van der Waals surface area contributed by atoms with Crippen molar-refractivity contribution >= 4 is 6.03 Å². The van der Waals surface area contributed by atoms with Crippen molar-refractivity contribution in [1.82, 2.24) is 30.3 Å². The lowest BCUT2D eigenvalue weighted by molar-refractivity contribution is 0.164. The van der Waals surface area contributed by atoms with E-state index in [1.54, 1.807) is 0 Å². The highest BCUT2D eigenvalue weighted by atomic mass is 16.5. The summed E-state index contributed by atoms with van der Waals surface area (Å²) in [4.78, 5) is 28.7. The molecule has 148 valence electrons. The van der Waals surface area contributed by atoms with Crippen LogP contribution < -0.4 is 5.32 Å². The van der Waals surface area contributed by atoms with Crippen molar-refractivity contribution in [2.45, 2.75) is 82.8 Å². The summed E-state index contributed by atoms with van der Waals surface area (Å²) in [6, 6.07) is 0.165. The fourth-order valence-electron chi connectivity index (χ4n) is 4.23. The van der Waals surface area contributed by atoms with Gasteiger partial charge in [0.25, 0.3) is 0 Å². The number of hydrogen-bond acceptors (Lipinski definition) is 6. The highest BCUT2D eigenvalue weighted by Crippen LogP contribution is 2.43. The third-order valence-corrected chi connectivity index (χ3v) is 5.90. The SMILES string of the molecule is CC(C)(C)c1ncc2c(n1)CC1CCC2N1C(=O)NCc1noc(C2CC2)n1. The van der Waals surface area contributed by atoms with Gasteiger partial charge in [0.05, 0.1) is 18.3 Å². The number of aromatic nitrogens is 4. The highest BCUT2D eigenvalue weighted by molar-refractivity contribution is 5.76. The number of fused-ring (bicyclic) bond motifs is 4. The van der Waals surface area contributed by atoms with Crippen molar-refractivity contribution in [1.29, 1.82) is 0 Å². The minimum Gasteiger partial charge on any atom is -0.339 e. The fourth-order valence-corrected chi connectivity index (χ4v) is 4.23. The van der Waals surface area contributed by atoms with Crippen molar-refractivity contribution in [2.24, 2.45) is 0 Å². The second-order valence-corrected chi connectivity index (χ2v) is 9.19. The smallest absolute Gasteiger partial charge is 0.318 e. The van der Waals surface area contributed by atoms with Crippen LogP contribution in [0.15, 0.2) is 10.7 Å². The lowest BCUT2D eigenvalue weighted by Crippen LogP contribution is -2.47. The molecule has 0 radical (unpaired) electrons. The van der Waals surface area contributed by atoms with Gasteiger partial charge in [-0.05, 0) is 25.7 Å². The molecule has 8 heteroatoms. The molecule has 2 bridgehead atoms. The highest BCUT2D eigenvalue weighted by Gasteiger charge is 2.43. The van der Waals surface area contributed by atoms with Crippen molar-refractivity contribution in [3.63, 3.8) is 0 Å². The molecule has 2 atom stereocenters. The van der Waals surface area contributed by atoms with Gasteiger partial charge >= 0.3 is 6.03 Å². The van der Waals surface area contributed by atoms with Crippen LogP contribution in [0.4, 0.5) is 4.79 Å². The van der Waals surface area contributed by atoms with Crippen LogP contribution in [0, 0.1) is 0 Å². The van der Waals surface area contributed by atoms with E-state index in [0.717, 1.165) is 49.2 Å². The Labute approximate surface area is 164 Å². The van der Waals surface area contributed by atoms with Gasteiger partial charge in [-0.1, -0.05) is 25.9 Å². The van der Waals surface area contributed by atoms with Gasteiger partial charge in [0.2, 0.25) is 5.89 Å². The summed E-state index contributed by atoms with van der Waals surface area (Å²) in [7, 11) is 0. The Kier molecular flexibility index (Phi) is 3.93. The molecule has 0 aromatic carbocycles. The number of nitrogens with one attached hydrogen (secondary N) is 1. The summed E-state index contributed by atoms with van der Waals surface area (Å²) in [5, 5.41) is 6.95. The van der Waals surface area contributed by atoms with Gasteiger partial charge in [-0.2, -0.15) is 4.98 Å². The number of carbonyl (C=O) groups excluding carboxylic acids is 1. The van der Waals surface area contributed by atoms with E-state index in [9.17, 15) is 4.79 Å². The number of hydrogen-bond donors (Lipinski definition) is 1. The zero-order valence-electron chi connectivity index (χ0n) is 16.6. The minimum atomic E-state index is -0.0769. The van der Waals surface area contributed by atoms with Gasteiger partial charge in [0, 0.05) is 35.6 Å². The molecule has 2 aromatic rings. The Hall–Kier alpha value is -2.51. The van der Waals surface area contributed by atoms with E-state index >= 15 is 0 Å². The molecule has 1 saturated carbocycles. The van der Waals surface area contributed by atoms with Crippen LogP contribution in [-0.4, -0.2) is 37.1 Å². The first-order valence-electron chi connectivity index (χ1n) is 10.1. The molecule has 2 aliphatic heterocycles. The number of carbonyl (C=O) groups is 1. The fraction of sp³-hybridized carbons (Fsp3) is 0.650. The molecule has 1 saturated heterocycles. The van der Waals surface area contributed by atoms with Crippen LogP contribution in [0.3, 0.4) is 0 Å². The quantitative estimate of drug-likeness (QED) is 0.876. The van der Waals surface area contributed by atoms with E-state index in [1.807, 2.05) is 11.1 Å². The first-order chi connectivity index (χ1) is 13.4. The Morgan fingerprint density at radius 2 is 2.07 bits per heavy atom. The average molecular weight is 382 g/mol. The second-order valence-electron chi connectivity index (χ2n) is 9.19. The van der Waals surface area contributed by atoms with Crippen molar-refractivity contribution in [2.75, 3.05) is 0 Å². The maximum atomic E-state index is 12.9. The molecule has 28 heavy (non-hydrogen) atoms. The van der Waals surface area contributed by atoms with Crippen LogP contribution in [0.5, 0.6) is 0 Å². The number of rotatable bonds is 3. The zero-order valence-corrected chi connectivity index (χ0v) is 16.6. The number of nitrogens with zero attached hydrogens (tertiary/aromatic N) is 5. The minimum absolute atomic E-state index is 0.0510. The first kappa shape index (κ1) is 17.6. The number of urea groups is 1. The van der Waals surface area contributed by atoms with Crippen molar-refractivity contribution in [3.8, 4) is 0 Å². The average Bonchev–Trinajstić information content (AvgIpc) is 3.31. The monoisotopic (exact) mass is 382 g/mol. The molecule has 2 unspecified atom stereocenters. The van der Waals surface area contributed by atoms with E-state index in [2.05, 4.69) is 41.2 Å². The van der Waals surface area contributed by atoms with E-state index in [0.29, 0.717) is 17.6 Å². The van der Waals surface area contributed by atoms with Gasteiger partial charge in [0.1, 0.15) is 5.82 Å². The Balaban J connectivity index is 1.30. The van der Waals surface area contributed by atoms with Crippen LogP contribution in [0.25, 0.3) is 0 Å². The van der Waals surface area contributed by atoms with E-state index < -0.39 is 0 Å². The van der Waals surface area contributed by atoms with Gasteiger partial charge in [-0.15, -0.1) is 0 Å². The summed E-state index contributed by atoms with van der Waals surface area (Å²) in [5.41, 5.74) is 2.11. The molecule has 0 spiro atoms. The molecule has 2 fully saturated rings. The van der Waals surface area contributed by atoms with Crippen molar-refractivity contribution in [3.05, 3.63) is 35.0 Å².